The van der Waals surface area contributed by atoms with Gasteiger partial charge < -0.3 is 14.3 Å². The molecule has 7 nitrogen and oxygen atoms in total. The first-order chi connectivity index (χ1) is 15.1. The lowest BCUT2D eigenvalue weighted by molar-refractivity contribution is -0.142. The van der Waals surface area contributed by atoms with E-state index >= 15 is 0 Å². The van der Waals surface area contributed by atoms with Crippen molar-refractivity contribution in [3.8, 4) is 11.4 Å². The van der Waals surface area contributed by atoms with Gasteiger partial charge in [-0.3, -0.25) is 9.59 Å². The summed E-state index contributed by atoms with van der Waals surface area (Å²) < 4.78 is 19.0. The molecule has 5 rings (SSSR count). The molecule has 2 saturated heterocycles. The van der Waals surface area contributed by atoms with Crippen LogP contribution < -0.4 is 0 Å². The van der Waals surface area contributed by atoms with E-state index in [9.17, 15) is 14.0 Å². The second-order valence-electron chi connectivity index (χ2n) is 8.99. The first-order valence-electron chi connectivity index (χ1n) is 11.3. The zero-order valence-corrected chi connectivity index (χ0v) is 17.5. The smallest absolute Gasteiger partial charge is 0.231 e. The minimum absolute atomic E-state index is 0.0275. The third-order valence-corrected chi connectivity index (χ3v) is 6.62. The molecule has 0 bridgehead atoms. The molecular formula is C23H27FN4O3. The molecule has 1 aliphatic carbocycles. The molecule has 2 unspecified atom stereocenters. The summed E-state index contributed by atoms with van der Waals surface area (Å²) in [6.45, 7) is 2.57. The molecule has 2 amide bonds. The molecule has 0 N–H and O–H groups in total. The zero-order chi connectivity index (χ0) is 21.4. The van der Waals surface area contributed by atoms with E-state index in [1.807, 2.05) is 9.80 Å². The fourth-order valence-electron chi connectivity index (χ4n) is 4.75. The number of hydrogen-bond acceptors (Lipinski definition) is 5. The summed E-state index contributed by atoms with van der Waals surface area (Å²) in [5.41, 5.74) is 0.571. The SMILES string of the molecule is O=C(C1CC1)N1CCCC(C(=O)N2CCCC(c3nc(-c4cccc(F)c4)no3)C2)C1. The van der Waals surface area contributed by atoms with Gasteiger partial charge in [-0.05, 0) is 50.7 Å². The molecule has 0 radical (unpaired) electrons. The van der Waals surface area contributed by atoms with Gasteiger partial charge in [0.25, 0.3) is 0 Å². The van der Waals surface area contributed by atoms with Gasteiger partial charge in [0.05, 0.1) is 11.8 Å². The normalized spacial score (nSPS) is 24.3. The monoisotopic (exact) mass is 426 g/mol. The number of carbonyl (C=O) groups is 2. The molecular weight excluding hydrogens is 399 g/mol. The van der Waals surface area contributed by atoms with Crippen LogP contribution >= 0.6 is 0 Å². The van der Waals surface area contributed by atoms with Crippen molar-refractivity contribution >= 4 is 11.8 Å². The maximum atomic E-state index is 13.5. The molecule has 1 aromatic carbocycles. The average molecular weight is 426 g/mol. The molecule has 31 heavy (non-hydrogen) atoms. The Bertz CT molecular complexity index is 973. The van der Waals surface area contributed by atoms with Gasteiger partial charge in [0, 0.05) is 37.7 Å². The average Bonchev–Trinajstić information content (AvgIpc) is 3.54. The highest BCUT2D eigenvalue weighted by Crippen LogP contribution is 2.33. The standard InChI is InChI=1S/C23H27FN4O3/c24-19-7-1-4-16(12-19)20-25-21(31-26-20)17-5-2-10-27(13-17)23(30)18-6-3-11-28(14-18)22(29)15-8-9-15/h1,4,7,12,15,17-18H,2-3,5-6,8-11,13-14H2. The molecule has 8 heteroatoms. The number of amides is 2. The van der Waals surface area contributed by atoms with Crippen LogP contribution in [0.15, 0.2) is 28.8 Å². The minimum atomic E-state index is -0.347. The molecule has 2 atom stereocenters. The van der Waals surface area contributed by atoms with E-state index in [4.69, 9.17) is 4.52 Å². The Morgan fingerprint density at radius 3 is 2.48 bits per heavy atom. The van der Waals surface area contributed by atoms with Crippen molar-refractivity contribution in [1.82, 2.24) is 19.9 Å². The molecule has 3 fully saturated rings. The summed E-state index contributed by atoms with van der Waals surface area (Å²) in [5, 5.41) is 4.01. The Kier molecular flexibility index (Phi) is 5.46. The lowest BCUT2D eigenvalue weighted by Crippen LogP contribution is -2.49. The summed E-state index contributed by atoms with van der Waals surface area (Å²) in [6.07, 6.45) is 5.43. The van der Waals surface area contributed by atoms with Crippen molar-refractivity contribution in [1.29, 1.82) is 0 Å². The maximum Gasteiger partial charge on any atom is 0.231 e. The Morgan fingerprint density at radius 1 is 0.968 bits per heavy atom. The van der Waals surface area contributed by atoms with Gasteiger partial charge in [-0.1, -0.05) is 17.3 Å². The van der Waals surface area contributed by atoms with Crippen molar-refractivity contribution in [3.05, 3.63) is 36.0 Å². The van der Waals surface area contributed by atoms with E-state index < -0.39 is 0 Å². The molecule has 1 saturated carbocycles. The van der Waals surface area contributed by atoms with E-state index in [1.165, 1.54) is 12.1 Å². The highest BCUT2D eigenvalue weighted by molar-refractivity contribution is 5.83. The van der Waals surface area contributed by atoms with Crippen LogP contribution in [0.3, 0.4) is 0 Å². The van der Waals surface area contributed by atoms with E-state index in [0.717, 1.165) is 45.1 Å². The van der Waals surface area contributed by atoms with Crippen LogP contribution in [0.4, 0.5) is 4.39 Å². The fourth-order valence-corrected chi connectivity index (χ4v) is 4.75. The minimum Gasteiger partial charge on any atom is -0.342 e. The molecule has 164 valence electrons. The maximum absolute atomic E-state index is 13.5. The molecule has 3 heterocycles. The first-order valence-corrected chi connectivity index (χ1v) is 11.3. The van der Waals surface area contributed by atoms with Crippen LogP contribution in [-0.2, 0) is 9.59 Å². The fraction of sp³-hybridized carbons (Fsp3) is 0.565. The highest BCUT2D eigenvalue weighted by atomic mass is 19.1. The van der Waals surface area contributed by atoms with E-state index in [0.29, 0.717) is 36.9 Å². The third-order valence-electron chi connectivity index (χ3n) is 6.62. The Balaban J connectivity index is 1.24. The number of nitrogens with zero attached hydrogens (tertiary/aromatic N) is 4. The second kappa shape index (κ2) is 8.40. The zero-order valence-electron chi connectivity index (χ0n) is 17.5. The summed E-state index contributed by atoms with van der Waals surface area (Å²) in [7, 11) is 0. The topological polar surface area (TPSA) is 79.5 Å². The number of hydrogen-bond donors (Lipinski definition) is 0. The predicted molar refractivity (Wildman–Crippen MR) is 110 cm³/mol. The van der Waals surface area contributed by atoms with Crippen molar-refractivity contribution in [2.75, 3.05) is 26.2 Å². The summed E-state index contributed by atoms with van der Waals surface area (Å²) in [4.78, 5) is 33.9. The van der Waals surface area contributed by atoms with Crippen molar-refractivity contribution < 1.29 is 18.5 Å². The Labute approximate surface area is 180 Å². The molecule has 2 aromatic rings. The molecule has 0 spiro atoms. The molecule has 1 aromatic heterocycles. The van der Waals surface area contributed by atoms with E-state index in [1.54, 1.807) is 12.1 Å². The number of likely N-dealkylation sites (tertiary alicyclic amines) is 2. The van der Waals surface area contributed by atoms with Gasteiger partial charge in [-0.25, -0.2) is 4.39 Å². The quantitative estimate of drug-likeness (QED) is 0.750. The second-order valence-corrected chi connectivity index (χ2v) is 8.99. The number of halogens is 1. The number of carbonyl (C=O) groups excluding carboxylic acids is 2. The largest absolute Gasteiger partial charge is 0.342 e. The Morgan fingerprint density at radius 2 is 1.71 bits per heavy atom. The number of aromatic nitrogens is 2. The van der Waals surface area contributed by atoms with Gasteiger partial charge in [-0.15, -0.1) is 0 Å². The molecule has 3 aliphatic rings. The number of piperidine rings is 2. The van der Waals surface area contributed by atoms with E-state index in [-0.39, 0.29) is 35.4 Å². The van der Waals surface area contributed by atoms with Crippen molar-refractivity contribution in [2.24, 2.45) is 11.8 Å². The van der Waals surface area contributed by atoms with Gasteiger partial charge in [0.15, 0.2) is 0 Å². The lowest BCUT2D eigenvalue weighted by atomic mass is 9.92. The van der Waals surface area contributed by atoms with E-state index in [2.05, 4.69) is 10.1 Å². The van der Waals surface area contributed by atoms with Crippen LogP contribution in [0.2, 0.25) is 0 Å². The van der Waals surface area contributed by atoms with Crippen LogP contribution in [-0.4, -0.2) is 57.9 Å². The van der Waals surface area contributed by atoms with Crippen LogP contribution in [0.1, 0.15) is 50.3 Å². The van der Waals surface area contributed by atoms with Crippen molar-refractivity contribution in [3.63, 3.8) is 0 Å². The summed E-state index contributed by atoms with van der Waals surface area (Å²) in [5.74, 6) is 0.900. The summed E-state index contributed by atoms with van der Waals surface area (Å²) in [6, 6.07) is 6.11. The van der Waals surface area contributed by atoms with Crippen molar-refractivity contribution in [2.45, 2.75) is 44.4 Å². The van der Waals surface area contributed by atoms with Gasteiger partial charge >= 0.3 is 0 Å². The van der Waals surface area contributed by atoms with Gasteiger partial charge in [-0.2, -0.15) is 4.98 Å². The first kappa shape index (κ1) is 20.2. The third kappa shape index (κ3) is 4.34. The van der Waals surface area contributed by atoms with Crippen LogP contribution in [0.25, 0.3) is 11.4 Å². The predicted octanol–water partition coefficient (Wildman–Crippen LogP) is 3.23. The number of benzene rings is 1. The van der Waals surface area contributed by atoms with Gasteiger partial charge in [0.1, 0.15) is 5.82 Å². The van der Waals surface area contributed by atoms with Crippen LogP contribution in [0.5, 0.6) is 0 Å². The lowest BCUT2D eigenvalue weighted by Gasteiger charge is -2.37. The molecule has 2 aliphatic heterocycles. The van der Waals surface area contributed by atoms with Crippen LogP contribution in [0, 0.1) is 17.7 Å². The summed E-state index contributed by atoms with van der Waals surface area (Å²) >= 11 is 0. The highest BCUT2D eigenvalue weighted by Gasteiger charge is 2.38. The van der Waals surface area contributed by atoms with Gasteiger partial charge in [0.2, 0.25) is 23.5 Å². The Hall–Kier alpha value is -2.77. The number of rotatable bonds is 4.